The average Bonchev–Trinajstić information content (AvgIpc) is 3.31. The van der Waals surface area contributed by atoms with Crippen LogP contribution >= 0.6 is 0 Å². The van der Waals surface area contributed by atoms with Crippen molar-refractivity contribution in [3.63, 3.8) is 0 Å². The lowest BCUT2D eigenvalue weighted by molar-refractivity contribution is -0.275. The van der Waals surface area contributed by atoms with Gasteiger partial charge in [-0.25, -0.2) is 4.39 Å². The van der Waals surface area contributed by atoms with Crippen LogP contribution in [-0.4, -0.2) is 37.4 Å². The number of piperazine rings is 1. The van der Waals surface area contributed by atoms with Crippen LogP contribution in [0.4, 0.5) is 17.6 Å². The number of halogens is 4. The van der Waals surface area contributed by atoms with E-state index in [1.165, 1.54) is 18.9 Å². The molecule has 7 heteroatoms. The molecule has 0 bridgehead atoms. The number of benzene rings is 1. The molecule has 3 nitrogen and oxygen atoms in total. The smallest absolute Gasteiger partial charge is 0.403 e. The van der Waals surface area contributed by atoms with Gasteiger partial charge < -0.3 is 10.1 Å². The molecule has 1 N–H and O–H groups in total. The van der Waals surface area contributed by atoms with Crippen molar-refractivity contribution < 1.29 is 22.3 Å². The molecule has 1 aromatic carbocycles. The van der Waals surface area contributed by atoms with E-state index in [2.05, 4.69) is 15.0 Å². The Kier molecular flexibility index (Phi) is 4.77. The molecule has 2 aliphatic rings. The molecule has 0 amide bonds. The van der Waals surface area contributed by atoms with Crippen molar-refractivity contribution in [2.24, 2.45) is 5.92 Å². The zero-order valence-electron chi connectivity index (χ0n) is 12.7. The summed E-state index contributed by atoms with van der Waals surface area (Å²) < 4.78 is 54.5. The molecule has 23 heavy (non-hydrogen) atoms. The van der Waals surface area contributed by atoms with Crippen LogP contribution in [0.1, 0.15) is 30.9 Å². The van der Waals surface area contributed by atoms with Crippen LogP contribution in [-0.2, 0) is 0 Å². The van der Waals surface area contributed by atoms with Gasteiger partial charge in [0.25, 0.3) is 0 Å². The second-order valence-corrected chi connectivity index (χ2v) is 6.22. The summed E-state index contributed by atoms with van der Waals surface area (Å²) in [6.07, 6.45) is -1.59. The number of hydrogen-bond donors (Lipinski definition) is 1. The molecule has 3 rings (SSSR count). The second kappa shape index (κ2) is 6.65. The lowest BCUT2D eigenvalue weighted by Crippen LogP contribution is -2.45. The Labute approximate surface area is 132 Å². The molecular formula is C16H20F4N2O. The van der Waals surface area contributed by atoms with Crippen molar-refractivity contribution in [1.29, 1.82) is 0 Å². The number of rotatable bonds is 5. The predicted octanol–water partition coefficient (Wildman–Crippen LogP) is 3.47. The van der Waals surface area contributed by atoms with Crippen molar-refractivity contribution in [3.8, 4) is 5.75 Å². The van der Waals surface area contributed by atoms with Crippen molar-refractivity contribution in [2.45, 2.75) is 31.7 Å². The third-order valence-electron chi connectivity index (χ3n) is 4.41. The highest BCUT2D eigenvalue weighted by Crippen LogP contribution is 2.41. The summed E-state index contributed by atoms with van der Waals surface area (Å²) in [6.45, 7) is 3.47. The number of hydrogen-bond acceptors (Lipinski definition) is 3. The Morgan fingerprint density at radius 3 is 2.48 bits per heavy atom. The third kappa shape index (κ3) is 4.57. The molecule has 1 aromatic rings. The van der Waals surface area contributed by atoms with Crippen LogP contribution in [0.25, 0.3) is 0 Å². The van der Waals surface area contributed by atoms with Crippen LogP contribution in [0, 0.1) is 11.7 Å². The van der Waals surface area contributed by atoms with E-state index in [-0.39, 0.29) is 6.04 Å². The molecule has 1 heterocycles. The van der Waals surface area contributed by atoms with Gasteiger partial charge in [0.05, 0.1) is 0 Å². The number of ether oxygens (including phenoxy) is 1. The van der Waals surface area contributed by atoms with Gasteiger partial charge in [-0.1, -0.05) is 18.9 Å². The highest BCUT2D eigenvalue weighted by atomic mass is 19.4. The molecular weight excluding hydrogens is 312 g/mol. The van der Waals surface area contributed by atoms with E-state index in [0.29, 0.717) is 5.92 Å². The Balaban J connectivity index is 1.79. The zero-order valence-corrected chi connectivity index (χ0v) is 12.7. The van der Waals surface area contributed by atoms with E-state index < -0.39 is 17.9 Å². The van der Waals surface area contributed by atoms with Gasteiger partial charge in [0.15, 0.2) is 11.6 Å². The first kappa shape index (κ1) is 16.5. The fraction of sp³-hybridized carbons (Fsp3) is 0.625. The second-order valence-electron chi connectivity index (χ2n) is 6.22. The van der Waals surface area contributed by atoms with E-state index in [1.807, 2.05) is 0 Å². The van der Waals surface area contributed by atoms with Crippen LogP contribution < -0.4 is 10.1 Å². The molecule has 1 aliphatic carbocycles. The Bertz CT molecular complexity index is 539. The monoisotopic (exact) mass is 332 g/mol. The van der Waals surface area contributed by atoms with Gasteiger partial charge in [-0.3, -0.25) is 4.90 Å². The van der Waals surface area contributed by atoms with Gasteiger partial charge in [-0.2, -0.15) is 0 Å². The molecule has 0 aromatic heterocycles. The van der Waals surface area contributed by atoms with Crippen LogP contribution in [0.2, 0.25) is 0 Å². The Hall–Kier alpha value is -1.34. The maximum atomic E-state index is 14.0. The van der Waals surface area contributed by atoms with Crippen molar-refractivity contribution in [2.75, 3.05) is 26.2 Å². The van der Waals surface area contributed by atoms with Gasteiger partial charge in [0, 0.05) is 32.2 Å². The molecule has 0 unspecified atom stereocenters. The first-order chi connectivity index (χ1) is 10.9. The fourth-order valence-corrected chi connectivity index (χ4v) is 3.09. The molecule has 0 radical (unpaired) electrons. The maximum Gasteiger partial charge on any atom is 0.573 e. The molecule has 0 spiro atoms. The molecule has 128 valence electrons. The Morgan fingerprint density at radius 1 is 1.22 bits per heavy atom. The largest absolute Gasteiger partial charge is 0.573 e. The zero-order chi connectivity index (χ0) is 16.4. The minimum Gasteiger partial charge on any atom is -0.403 e. The minimum atomic E-state index is -4.88. The van der Waals surface area contributed by atoms with Crippen molar-refractivity contribution in [1.82, 2.24) is 10.2 Å². The van der Waals surface area contributed by atoms with Crippen molar-refractivity contribution >= 4 is 0 Å². The molecule has 1 aliphatic heterocycles. The standard InChI is InChI=1S/C16H20F4N2O/c17-13-10-12(3-4-15(13)23-16(18,19)20)14(9-11-1-2-11)22-7-5-21-6-8-22/h3-4,10-11,14,21H,1-2,5-9H2/t14-/m1/s1. The lowest BCUT2D eigenvalue weighted by Gasteiger charge is -2.35. The third-order valence-corrected chi connectivity index (χ3v) is 4.41. The summed E-state index contributed by atoms with van der Waals surface area (Å²) in [4.78, 5) is 2.29. The van der Waals surface area contributed by atoms with E-state index in [1.54, 1.807) is 6.07 Å². The van der Waals surface area contributed by atoms with Crippen molar-refractivity contribution in [3.05, 3.63) is 29.6 Å². The topological polar surface area (TPSA) is 24.5 Å². The first-order valence-electron chi connectivity index (χ1n) is 7.92. The minimum absolute atomic E-state index is 0.0547. The molecule has 1 saturated carbocycles. The summed E-state index contributed by atoms with van der Waals surface area (Å²) in [6, 6.07) is 3.88. The van der Waals surface area contributed by atoms with Gasteiger partial charge in [-0.05, 0) is 30.0 Å². The van der Waals surface area contributed by atoms with E-state index in [0.717, 1.165) is 44.2 Å². The van der Waals surface area contributed by atoms with Crippen LogP contribution in [0.15, 0.2) is 18.2 Å². The molecule has 1 saturated heterocycles. The normalized spacial score (nSPS) is 21.2. The Morgan fingerprint density at radius 2 is 1.91 bits per heavy atom. The van der Waals surface area contributed by atoms with E-state index in [9.17, 15) is 17.6 Å². The van der Waals surface area contributed by atoms with Gasteiger partial charge >= 0.3 is 6.36 Å². The highest BCUT2D eigenvalue weighted by molar-refractivity contribution is 5.31. The quantitative estimate of drug-likeness (QED) is 0.836. The van der Waals surface area contributed by atoms with Gasteiger partial charge in [0.2, 0.25) is 0 Å². The average molecular weight is 332 g/mol. The summed E-state index contributed by atoms with van der Waals surface area (Å²) in [5.41, 5.74) is 0.728. The highest BCUT2D eigenvalue weighted by Gasteiger charge is 2.34. The van der Waals surface area contributed by atoms with E-state index >= 15 is 0 Å². The summed E-state index contributed by atoms with van der Waals surface area (Å²) in [7, 11) is 0. The number of nitrogens with zero attached hydrogens (tertiary/aromatic N) is 1. The first-order valence-corrected chi connectivity index (χ1v) is 7.92. The van der Waals surface area contributed by atoms with Crippen LogP contribution in [0.3, 0.4) is 0 Å². The van der Waals surface area contributed by atoms with Gasteiger partial charge in [0.1, 0.15) is 0 Å². The lowest BCUT2D eigenvalue weighted by atomic mass is 9.98. The van der Waals surface area contributed by atoms with E-state index in [4.69, 9.17) is 0 Å². The molecule has 1 atom stereocenters. The summed E-state index contributed by atoms with van der Waals surface area (Å²) >= 11 is 0. The fourth-order valence-electron chi connectivity index (χ4n) is 3.09. The summed E-state index contributed by atoms with van der Waals surface area (Å²) in [5.74, 6) is -1.09. The maximum absolute atomic E-state index is 14.0. The summed E-state index contributed by atoms with van der Waals surface area (Å²) in [5, 5.41) is 3.28. The van der Waals surface area contributed by atoms with Gasteiger partial charge in [-0.15, -0.1) is 13.2 Å². The molecule has 2 fully saturated rings. The van der Waals surface area contributed by atoms with Crippen LogP contribution in [0.5, 0.6) is 5.75 Å². The number of alkyl halides is 3. The predicted molar refractivity (Wildman–Crippen MR) is 77.6 cm³/mol. The number of nitrogens with one attached hydrogen (secondary N) is 1. The SMILES string of the molecule is Fc1cc([C@@H](CC2CC2)N2CCNCC2)ccc1OC(F)(F)F.